The van der Waals surface area contributed by atoms with Crippen LogP contribution in [0.15, 0.2) is 52.9 Å². The summed E-state index contributed by atoms with van der Waals surface area (Å²) >= 11 is 0. The number of amides is 1. The second kappa shape index (κ2) is 6.96. The van der Waals surface area contributed by atoms with Crippen molar-refractivity contribution in [3.05, 3.63) is 60.0 Å². The fraction of sp³-hybridized carbons (Fsp3) is 0.227. The number of para-hydroxylation sites is 1. The zero-order chi connectivity index (χ0) is 19.8. The number of aromatic amines is 1. The molecule has 0 aliphatic rings. The third-order valence-corrected chi connectivity index (χ3v) is 5.11. The number of H-pyrrole nitrogens is 1. The van der Waals surface area contributed by atoms with E-state index in [-0.39, 0.29) is 11.9 Å². The van der Waals surface area contributed by atoms with Crippen molar-refractivity contribution in [3.8, 4) is 11.5 Å². The molecule has 28 heavy (non-hydrogen) atoms. The molecule has 4 aromatic rings. The Morgan fingerprint density at radius 1 is 1.07 bits per heavy atom. The third kappa shape index (κ3) is 2.97. The molecular weight excluding hydrogens is 356 g/mol. The first kappa shape index (κ1) is 18.0. The Morgan fingerprint density at radius 2 is 1.86 bits per heavy atom. The summed E-state index contributed by atoms with van der Waals surface area (Å²) in [5.41, 5.74) is 2.05. The Morgan fingerprint density at radius 3 is 2.57 bits per heavy atom. The lowest BCUT2D eigenvalue weighted by Gasteiger charge is -2.22. The highest BCUT2D eigenvalue weighted by Gasteiger charge is 2.24. The number of furan rings is 1. The van der Waals surface area contributed by atoms with Gasteiger partial charge in [0.05, 0.1) is 25.8 Å². The molecule has 2 aromatic carbocycles. The van der Waals surface area contributed by atoms with Crippen LogP contribution < -0.4 is 9.47 Å². The molecule has 0 aliphatic heterocycles. The molecule has 1 atom stereocenters. The molecule has 2 aromatic heterocycles. The lowest BCUT2D eigenvalue weighted by molar-refractivity contribution is 0.0722. The fourth-order valence-corrected chi connectivity index (χ4v) is 3.34. The summed E-state index contributed by atoms with van der Waals surface area (Å²) in [6.07, 6.45) is 0. The first-order valence-electron chi connectivity index (χ1n) is 9.02. The maximum absolute atomic E-state index is 13.1. The minimum Gasteiger partial charge on any atom is -0.497 e. The van der Waals surface area contributed by atoms with Crippen LogP contribution in [0, 0.1) is 0 Å². The summed E-state index contributed by atoms with van der Waals surface area (Å²) in [5, 5.41) is 1.87. The number of hydrogen-bond acceptors (Lipinski definition) is 4. The van der Waals surface area contributed by atoms with E-state index in [0.29, 0.717) is 17.2 Å². The first-order chi connectivity index (χ1) is 13.5. The Bertz CT molecular complexity index is 1120. The second-order valence-corrected chi connectivity index (χ2v) is 6.76. The highest BCUT2D eigenvalue weighted by molar-refractivity contribution is 6.00. The number of fused-ring (bicyclic) bond motifs is 2. The van der Waals surface area contributed by atoms with Crippen molar-refractivity contribution in [2.75, 3.05) is 21.3 Å². The minimum atomic E-state index is -0.220. The number of nitrogens with one attached hydrogen (secondary N) is 1. The van der Waals surface area contributed by atoms with Crippen molar-refractivity contribution in [1.29, 1.82) is 0 Å². The molecule has 0 saturated carbocycles. The number of rotatable bonds is 5. The molecule has 0 radical (unpaired) electrons. The lowest BCUT2D eigenvalue weighted by Crippen LogP contribution is -2.29. The number of ether oxygens (including phenoxy) is 2. The number of benzene rings is 2. The standard InChI is InChI=1S/C22H22N2O4/c1-13(19-11-14-7-5-6-8-18(14)28-19)24(2)22(25)17-10-15-9-16(26-3)12-20(27-4)21(15)23-17/h5-13,23H,1-4H3/t13-/m0/s1. The van der Waals surface area contributed by atoms with Gasteiger partial charge >= 0.3 is 0 Å². The van der Waals surface area contributed by atoms with Crippen molar-refractivity contribution in [1.82, 2.24) is 9.88 Å². The van der Waals surface area contributed by atoms with E-state index in [1.165, 1.54) is 0 Å². The quantitative estimate of drug-likeness (QED) is 0.543. The Hall–Kier alpha value is -3.41. The first-order valence-corrected chi connectivity index (χ1v) is 9.02. The minimum absolute atomic E-state index is 0.134. The molecule has 4 rings (SSSR count). The molecule has 1 N–H and O–H groups in total. The summed E-state index contributed by atoms with van der Waals surface area (Å²) in [7, 11) is 4.96. The molecule has 0 saturated heterocycles. The van der Waals surface area contributed by atoms with E-state index in [1.807, 2.05) is 49.4 Å². The van der Waals surface area contributed by atoms with Crippen LogP contribution in [0.25, 0.3) is 21.9 Å². The van der Waals surface area contributed by atoms with Crippen molar-refractivity contribution < 1.29 is 18.7 Å². The number of carbonyl (C=O) groups excluding carboxylic acids is 1. The van der Waals surface area contributed by atoms with E-state index in [2.05, 4.69) is 4.98 Å². The van der Waals surface area contributed by atoms with Crippen molar-refractivity contribution in [3.63, 3.8) is 0 Å². The van der Waals surface area contributed by atoms with E-state index < -0.39 is 0 Å². The summed E-state index contributed by atoms with van der Waals surface area (Å²) in [4.78, 5) is 17.9. The Labute approximate surface area is 162 Å². The van der Waals surface area contributed by atoms with Gasteiger partial charge in [-0.25, -0.2) is 0 Å². The van der Waals surface area contributed by atoms with Gasteiger partial charge in [-0.1, -0.05) is 18.2 Å². The van der Waals surface area contributed by atoms with Crippen LogP contribution in [-0.2, 0) is 0 Å². The summed E-state index contributed by atoms with van der Waals surface area (Å²) in [6, 6.07) is 15.0. The third-order valence-electron chi connectivity index (χ3n) is 5.11. The van der Waals surface area contributed by atoms with Gasteiger partial charge in [-0.05, 0) is 31.2 Å². The average Bonchev–Trinajstić information content (AvgIpc) is 3.35. The molecular formula is C22H22N2O4. The zero-order valence-corrected chi connectivity index (χ0v) is 16.3. The van der Waals surface area contributed by atoms with Crippen molar-refractivity contribution in [2.24, 2.45) is 0 Å². The molecule has 144 valence electrons. The number of nitrogens with zero attached hydrogens (tertiary/aromatic N) is 1. The molecule has 0 fully saturated rings. The van der Waals surface area contributed by atoms with Gasteiger partial charge in [0.1, 0.15) is 28.5 Å². The maximum atomic E-state index is 13.1. The van der Waals surface area contributed by atoms with E-state index >= 15 is 0 Å². The van der Waals surface area contributed by atoms with Gasteiger partial charge in [-0.3, -0.25) is 4.79 Å². The van der Waals surface area contributed by atoms with E-state index in [0.717, 1.165) is 27.6 Å². The Kier molecular flexibility index (Phi) is 4.47. The van der Waals surface area contributed by atoms with Gasteiger partial charge in [0.2, 0.25) is 0 Å². The predicted octanol–water partition coefficient (Wildman–Crippen LogP) is 4.76. The largest absolute Gasteiger partial charge is 0.497 e. The van der Waals surface area contributed by atoms with Crippen LogP contribution in [-0.4, -0.2) is 37.1 Å². The number of carbonyl (C=O) groups is 1. The van der Waals surface area contributed by atoms with Gasteiger partial charge in [0.15, 0.2) is 0 Å². The summed E-state index contributed by atoms with van der Waals surface area (Å²) in [6.45, 7) is 1.95. The molecule has 1 amide bonds. The lowest BCUT2D eigenvalue weighted by atomic mass is 10.2. The van der Waals surface area contributed by atoms with Crippen LogP contribution in [0.3, 0.4) is 0 Å². The van der Waals surface area contributed by atoms with Gasteiger partial charge in [-0.15, -0.1) is 0 Å². The topological polar surface area (TPSA) is 67.7 Å². The molecule has 6 heteroatoms. The smallest absolute Gasteiger partial charge is 0.270 e. The SMILES string of the molecule is COc1cc(OC)c2[nH]c(C(=O)N(C)[C@@H](C)c3cc4ccccc4o3)cc2c1. The average molecular weight is 378 g/mol. The molecule has 0 aliphatic carbocycles. The van der Waals surface area contributed by atoms with Crippen LogP contribution in [0.2, 0.25) is 0 Å². The van der Waals surface area contributed by atoms with Crippen molar-refractivity contribution in [2.45, 2.75) is 13.0 Å². The highest BCUT2D eigenvalue weighted by atomic mass is 16.5. The van der Waals surface area contributed by atoms with E-state index in [4.69, 9.17) is 13.9 Å². The second-order valence-electron chi connectivity index (χ2n) is 6.76. The van der Waals surface area contributed by atoms with E-state index in [9.17, 15) is 4.79 Å². The molecule has 2 heterocycles. The van der Waals surface area contributed by atoms with Gasteiger partial charge in [0, 0.05) is 23.9 Å². The van der Waals surface area contributed by atoms with Gasteiger partial charge in [0.25, 0.3) is 5.91 Å². The Balaban J connectivity index is 1.66. The molecule has 0 unspecified atom stereocenters. The fourth-order valence-electron chi connectivity index (χ4n) is 3.34. The molecule has 0 spiro atoms. The van der Waals surface area contributed by atoms with Crippen LogP contribution in [0.5, 0.6) is 11.5 Å². The van der Waals surface area contributed by atoms with Gasteiger partial charge < -0.3 is 23.8 Å². The van der Waals surface area contributed by atoms with Crippen LogP contribution >= 0.6 is 0 Å². The zero-order valence-electron chi connectivity index (χ0n) is 16.3. The van der Waals surface area contributed by atoms with Gasteiger partial charge in [-0.2, -0.15) is 0 Å². The molecule has 6 nitrogen and oxygen atoms in total. The monoisotopic (exact) mass is 378 g/mol. The number of hydrogen-bond donors (Lipinski definition) is 1. The summed E-state index contributed by atoms with van der Waals surface area (Å²) < 4.78 is 16.7. The normalized spacial score (nSPS) is 12.3. The summed E-state index contributed by atoms with van der Waals surface area (Å²) in [5.74, 6) is 1.91. The molecule has 0 bridgehead atoms. The maximum Gasteiger partial charge on any atom is 0.270 e. The predicted molar refractivity (Wildman–Crippen MR) is 108 cm³/mol. The van der Waals surface area contributed by atoms with Crippen molar-refractivity contribution >= 4 is 27.8 Å². The highest BCUT2D eigenvalue weighted by Crippen LogP contribution is 2.32. The number of aromatic nitrogens is 1. The van der Waals surface area contributed by atoms with Crippen LogP contribution in [0.1, 0.15) is 29.2 Å². The van der Waals surface area contributed by atoms with E-state index in [1.54, 1.807) is 32.2 Å². The van der Waals surface area contributed by atoms with Crippen LogP contribution in [0.4, 0.5) is 0 Å². The number of methoxy groups -OCH3 is 2.